The van der Waals surface area contributed by atoms with Gasteiger partial charge in [0.05, 0.1) is 19.3 Å². The van der Waals surface area contributed by atoms with E-state index in [2.05, 4.69) is 9.97 Å². The molecule has 2 saturated heterocycles. The molecule has 18 heteroatoms. The predicted molar refractivity (Wildman–Crippen MR) is 140 cm³/mol. The van der Waals surface area contributed by atoms with E-state index >= 15 is 0 Å². The lowest BCUT2D eigenvalue weighted by atomic mass is 10.2. The smallest absolute Gasteiger partial charge is 0.394 e. The van der Waals surface area contributed by atoms with Crippen LogP contribution in [-0.2, 0) is 29.5 Å². The first-order chi connectivity index (χ1) is 19.4. The summed E-state index contributed by atoms with van der Waals surface area (Å²) in [4.78, 5) is 63.0. The van der Waals surface area contributed by atoms with Gasteiger partial charge in [-0.05, 0) is 13.3 Å². The van der Waals surface area contributed by atoms with Crippen LogP contribution in [0.4, 0.5) is 0 Å². The van der Waals surface area contributed by atoms with Gasteiger partial charge in [0.15, 0.2) is 0 Å². The number of nitrogens with two attached hydrogens (primary N) is 1. The van der Waals surface area contributed by atoms with E-state index in [1.54, 1.807) is 12.2 Å². The zero-order chi connectivity index (χ0) is 29.9. The molecule has 4 heterocycles. The number of aliphatic hydroxyl groups excluding tert-OH is 2. The van der Waals surface area contributed by atoms with Crippen LogP contribution in [0.25, 0.3) is 0 Å². The molecule has 0 amide bonds. The Balaban J connectivity index is 1.39. The fourth-order valence-corrected chi connectivity index (χ4v) is 5.50. The molecule has 7 atom stereocenters. The minimum atomic E-state index is -4.81. The third kappa shape index (κ3) is 7.27. The van der Waals surface area contributed by atoms with Crippen LogP contribution in [0.15, 0.2) is 43.7 Å². The van der Waals surface area contributed by atoms with Crippen molar-refractivity contribution in [2.45, 2.75) is 63.1 Å². The number of aromatic amines is 2. The summed E-state index contributed by atoms with van der Waals surface area (Å²) in [6, 6.07) is 0. The largest absolute Gasteiger partial charge is 0.472 e. The van der Waals surface area contributed by atoms with Crippen molar-refractivity contribution in [3.8, 4) is 0 Å². The van der Waals surface area contributed by atoms with Crippen LogP contribution >= 0.6 is 7.82 Å². The van der Waals surface area contributed by atoms with Gasteiger partial charge in [0.25, 0.3) is 11.1 Å². The van der Waals surface area contributed by atoms with E-state index in [1.165, 1.54) is 19.3 Å². The number of phosphoric acid groups is 1. The molecule has 17 nitrogen and oxygen atoms in total. The van der Waals surface area contributed by atoms with Gasteiger partial charge in [-0.25, -0.2) is 14.2 Å². The highest BCUT2D eigenvalue weighted by atomic mass is 31.2. The highest BCUT2D eigenvalue weighted by Gasteiger charge is 2.43. The Bertz CT molecular complexity index is 1550. The minimum Gasteiger partial charge on any atom is -0.394 e. The number of allylic oxidation sites excluding steroid dienone is 1. The van der Waals surface area contributed by atoms with Crippen molar-refractivity contribution in [3.63, 3.8) is 0 Å². The molecule has 2 aromatic heterocycles. The summed E-state index contributed by atoms with van der Waals surface area (Å²) in [5.74, 6) is 0. The van der Waals surface area contributed by atoms with Gasteiger partial charge in [0, 0.05) is 42.9 Å². The lowest BCUT2D eigenvalue weighted by molar-refractivity contribution is -0.0576. The maximum absolute atomic E-state index is 12.7. The molecular weight excluding hydrogens is 569 g/mol. The number of rotatable bonds is 11. The molecular formula is C23H32N5O12P. The van der Waals surface area contributed by atoms with E-state index in [4.69, 9.17) is 24.3 Å². The number of nitrogens with zero attached hydrogens (tertiary/aromatic N) is 2. The van der Waals surface area contributed by atoms with E-state index in [0.29, 0.717) is 0 Å². The SMILES string of the molecule is Cc1cn([C@H]2C[C@H](OP(=O)(O)OC[C@H]3O[C@@H](n4cc(C/C=C/CN)c(=O)[nH]c4=O)C[C@@H]3O)[C@@H](CO)O2)c(=O)[nH]c1=O. The molecule has 2 aromatic rings. The van der Waals surface area contributed by atoms with Gasteiger partial charge in [0.2, 0.25) is 0 Å². The zero-order valence-electron chi connectivity index (χ0n) is 22.0. The molecule has 7 N–H and O–H groups in total. The highest BCUT2D eigenvalue weighted by Crippen LogP contribution is 2.48. The molecule has 2 aliphatic rings. The van der Waals surface area contributed by atoms with Gasteiger partial charge in [-0.3, -0.25) is 37.7 Å². The van der Waals surface area contributed by atoms with Gasteiger partial charge in [-0.15, -0.1) is 0 Å². The Morgan fingerprint density at radius 2 is 1.68 bits per heavy atom. The van der Waals surface area contributed by atoms with Gasteiger partial charge in [-0.1, -0.05) is 12.2 Å². The molecule has 0 aromatic carbocycles. The second-order valence-corrected chi connectivity index (χ2v) is 11.0. The molecule has 0 spiro atoms. The van der Waals surface area contributed by atoms with E-state index in [-0.39, 0.29) is 36.9 Å². The Hall–Kier alpha value is -2.99. The number of hydrogen-bond acceptors (Lipinski definition) is 12. The molecule has 1 unspecified atom stereocenters. The van der Waals surface area contributed by atoms with E-state index < -0.39 is 80.4 Å². The van der Waals surface area contributed by atoms with Crippen molar-refractivity contribution in [3.05, 3.63) is 77.3 Å². The molecule has 41 heavy (non-hydrogen) atoms. The van der Waals surface area contributed by atoms with Crippen molar-refractivity contribution in [1.29, 1.82) is 0 Å². The number of ether oxygens (including phenoxy) is 2. The van der Waals surface area contributed by atoms with Crippen LogP contribution in [-0.4, -0.2) is 78.4 Å². The van der Waals surface area contributed by atoms with Crippen molar-refractivity contribution in [1.82, 2.24) is 19.1 Å². The van der Waals surface area contributed by atoms with Crippen LogP contribution in [0, 0.1) is 6.92 Å². The van der Waals surface area contributed by atoms with E-state index in [0.717, 1.165) is 9.13 Å². The first kappa shape index (κ1) is 31.0. The van der Waals surface area contributed by atoms with Crippen molar-refractivity contribution >= 4 is 7.82 Å². The average molecular weight is 602 g/mol. The maximum atomic E-state index is 12.7. The van der Waals surface area contributed by atoms with E-state index in [9.17, 15) is 38.8 Å². The summed E-state index contributed by atoms with van der Waals surface area (Å²) in [5, 5.41) is 20.1. The van der Waals surface area contributed by atoms with Gasteiger partial charge >= 0.3 is 19.2 Å². The zero-order valence-corrected chi connectivity index (χ0v) is 22.8. The second-order valence-electron chi connectivity index (χ2n) is 9.60. The fourth-order valence-electron chi connectivity index (χ4n) is 4.54. The molecule has 0 bridgehead atoms. The van der Waals surface area contributed by atoms with Gasteiger partial charge in [-0.2, -0.15) is 0 Å². The monoisotopic (exact) mass is 601 g/mol. The third-order valence-corrected chi connectivity index (χ3v) is 7.70. The second kappa shape index (κ2) is 12.9. The quantitative estimate of drug-likeness (QED) is 0.119. The summed E-state index contributed by atoms with van der Waals surface area (Å²) in [7, 11) is -4.81. The Kier molecular flexibility index (Phi) is 9.73. The molecule has 0 radical (unpaired) electrons. The number of aromatic nitrogens is 4. The molecule has 0 saturated carbocycles. The van der Waals surface area contributed by atoms with Crippen LogP contribution in [0.1, 0.15) is 36.4 Å². The lowest BCUT2D eigenvalue weighted by Crippen LogP contribution is -2.34. The lowest BCUT2D eigenvalue weighted by Gasteiger charge is -2.22. The third-order valence-electron chi connectivity index (χ3n) is 6.68. The molecule has 226 valence electrons. The number of aliphatic hydroxyl groups is 2. The summed E-state index contributed by atoms with van der Waals surface area (Å²) in [6.07, 6.45) is -0.716. The van der Waals surface area contributed by atoms with Crippen LogP contribution in [0.2, 0.25) is 0 Å². The molecule has 4 rings (SSSR count). The number of aryl methyl sites for hydroxylation is 1. The molecule has 2 aliphatic heterocycles. The average Bonchev–Trinajstić information content (AvgIpc) is 3.48. The molecule has 0 aliphatic carbocycles. The first-order valence-corrected chi connectivity index (χ1v) is 14.2. The first-order valence-electron chi connectivity index (χ1n) is 12.7. The number of phosphoric ester groups is 1. The number of nitrogens with one attached hydrogen (secondary N) is 2. The van der Waals surface area contributed by atoms with Crippen molar-refractivity contribution in [2.24, 2.45) is 5.73 Å². The number of hydrogen-bond donors (Lipinski definition) is 6. The van der Waals surface area contributed by atoms with Crippen molar-refractivity contribution in [2.75, 3.05) is 19.8 Å². The van der Waals surface area contributed by atoms with Crippen LogP contribution in [0.5, 0.6) is 0 Å². The number of H-pyrrole nitrogens is 2. The Morgan fingerprint density at radius 1 is 1.05 bits per heavy atom. The van der Waals surface area contributed by atoms with Gasteiger partial charge < -0.3 is 30.3 Å². The Morgan fingerprint density at radius 3 is 2.37 bits per heavy atom. The van der Waals surface area contributed by atoms with Crippen LogP contribution in [0.3, 0.4) is 0 Å². The maximum Gasteiger partial charge on any atom is 0.472 e. The topological polar surface area (TPSA) is 250 Å². The van der Waals surface area contributed by atoms with Gasteiger partial charge in [0.1, 0.15) is 30.8 Å². The Labute approximate surface area is 231 Å². The molecule has 2 fully saturated rings. The fraction of sp³-hybridized carbons (Fsp3) is 0.565. The van der Waals surface area contributed by atoms with E-state index in [1.807, 2.05) is 0 Å². The summed E-state index contributed by atoms with van der Waals surface area (Å²) >= 11 is 0. The highest BCUT2D eigenvalue weighted by molar-refractivity contribution is 7.47. The standard InChI is InChI=1S/C23H32N5O12P/c1-12-8-27(22(33)25-20(12)31)19-7-15(16(10-29)38-19)40-41(35,36)37-11-17-14(30)6-18(39-17)28-9-13(4-2-3-5-24)21(32)26-23(28)34/h2-3,8-9,14-19,29-30H,4-7,10-11,24H2,1H3,(H,35,36)(H,25,31,33)(H,26,32,34)/b3-2+/t14-,15-,16+,17+,18+,19+/m0/s1. The summed E-state index contributed by atoms with van der Waals surface area (Å²) in [5.41, 5.74) is 3.20. The van der Waals surface area contributed by atoms with Crippen LogP contribution < -0.4 is 28.2 Å². The normalized spacial score (nSPS) is 27.9. The summed E-state index contributed by atoms with van der Waals surface area (Å²) < 4.78 is 36.5. The van der Waals surface area contributed by atoms with Crippen molar-refractivity contribution < 1.29 is 38.2 Å². The minimum absolute atomic E-state index is 0.0767. The predicted octanol–water partition coefficient (Wildman–Crippen LogP) is -2.12. The summed E-state index contributed by atoms with van der Waals surface area (Å²) in [6.45, 7) is 0.547.